The van der Waals surface area contributed by atoms with Crippen LogP contribution in [0.3, 0.4) is 0 Å². The quantitative estimate of drug-likeness (QED) is 0.385. The molecule has 1 aromatic carbocycles. The van der Waals surface area contributed by atoms with E-state index in [-0.39, 0.29) is 5.41 Å². The first-order valence-electron chi connectivity index (χ1n) is 10.7. The van der Waals surface area contributed by atoms with E-state index in [4.69, 9.17) is 4.74 Å². The highest BCUT2D eigenvalue weighted by atomic mass is 32.1. The summed E-state index contributed by atoms with van der Waals surface area (Å²) in [5.74, 6) is 0.754. The van der Waals surface area contributed by atoms with Gasteiger partial charge in [0, 0.05) is 30.0 Å². The Morgan fingerprint density at radius 2 is 1.93 bits per heavy atom. The van der Waals surface area contributed by atoms with Crippen molar-refractivity contribution in [1.29, 1.82) is 5.26 Å². The van der Waals surface area contributed by atoms with Crippen LogP contribution in [0.4, 0.5) is 5.69 Å². The molecular weight excluding hydrogens is 392 g/mol. The molecule has 1 fully saturated rings. The number of nitriles is 1. The molecule has 2 aromatic rings. The van der Waals surface area contributed by atoms with Crippen LogP contribution >= 0.6 is 11.5 Å². The number of ether oxygens (including phenoxy) is 1. The second-order valence-electron chi connectivity index (χ2n) is 8.94. The molecule has 5 nitrogen and oxygen atoms in total. The van der Waals surface area contributed by atoms with E-state index >= 15 is 0 Å². The minimum Gasteiger partial charge on any atom is -0.443 e. The van der Waals surface area contributed by atoms with Crippen LogP contribution in [-0.2, 0) is 5.41 Å². The maximum absolute atomic E-state index is 9.86. The molecule has 0 aliphatic heterocycles. The third kappa shape index (κ3) is 4.67. The second kappa shape index (κ2) is 9.18. The van der Waals surface area contributed by atoms with Gasteiger partial charge in [-0.05, 0) is 63.8 Å². The van der Waals surface area contributed by atoms with Crippen molar-refractivity contribution in [3.05, 3.63) is 34.5 Å². The fourth-order valence-corrected chi connectivity index (χ4v) is 4.68. The van der Waals surface area contributed by atoms with Crippen molar-refractivity contribution in [1.82, 2.24) is 9.27 Å². The Hall–Kier alpha value is -2.39. The van der Waals surface area contributed by atoms with E-state index < -0.39 is 0 Å². The molecule has 30 heavy (non-hydrogen) atoms. The smallest absolute Gasteiger partial charge is 0.218 e. The van der Waals surface area contributed by atoms with Gasteiger partial charge in [0.15, 0.2) is 0 Å². The zero-order chi connectivity index (χ0) is 21.9. The molecule has 0 atom stereocenters. The molecule has 160 valence electrons. The molecule has 0 bridgehead atoms. The highest BCUT2D eigenvalue weighted by molar-refractivity contribution is 7.08. The van der Waals surface area contributed by atoms with Crippen molar-refractivity contribution in [2.45, 2.75) is 78.2 Å². The SMILES string of the molecule is Cc1cc(Oc2snc(C3(C)CCCCC3)c2C#N)c(C)cc1N=CN(C)C(C)C. The first-order chi connectivity index (χ1) is 14.2. The van der Waals surface area contributed by atoms with Crippen LogP contribution in [0.2, 0.25) is 0 Å². The van der Waals surface area contributed by atoms with Crippen molar-refractivity contribution in [2.75, 3.05) is 7.05 Å². The predicted molar refractivity (Wildman–Crippen MR) is 124 cm³/mol. The Labute approximate surface area is 184 Å². The number of nitrogens with zero attached hydrogens (tertiary/aromatic N) is 4. The van der Waals surface area contributed by atoms with E-state index in [9.17, 15) is 5.26 Å². The van der Waals surface area contributed by atoms with Crippen LogP contribution in [0, 0.1) is 25.2 Å². The van der Waals surface area contributed by atoms with E-state index in [1.54, 1.807) is 0 Å². The molecule has 1 heterocycles. The Balaban J connectivity index is 1.87. The summed E-state index contributed by atoms with van der Waals surface area (Å²) >= 11 is 1.29. The summed E-state index contributed by atoms with van der Waals surface area (Å²) in [6.45, 7) is 10.5. The number of aliphatic imine (C=N–C) groups is 1. The first-order valence-corrected chi connectivity index (χ1v) is 11.5. The van der Waals surface area contributed by atoms with Crippen LogP contribution in [-0.4, -0.2) is 28.7 Å². The number of rotatable bonds is 6. The molecular formula is C24H32N4OS. The van der Waals surface area contributed by atoms with Gasteiger partial charge in [-0.1, -0.05) is 26.2 Å². The summed E-state index contributed by atoms with van der Waals surface area (Å²) in [6, 6.07) is 6.80. The van der Waals surface area contributed by atoms with Crippen molar-refractivity contribution >= 4 is 23.6 Å². The van der Waals surface area contributed by atoms with Gasteiger partial charge >= 0.3 is 0 Å². The van der Waals surface area contributed by atoms with Gasteiger partial charge in [0.05, 0.1) is 17.7 Å². The largest absolute Gasteiger partial charge is 0.443 e. The van der Waals surface area contributed by atoms with Gasteiger partial charge in [0.1, 0.15) is 17.4 Å². The lowest BCUT2D eigenvalue weighted by Crippen LogP contribution is -2.26. The van der Waals surface area contributed by atoms with E-state index in [2.05, 4.69) is 41.1 Å². The normalized spacial score (nSPS) is 16.1. The monoisotopic (exact) mass is 424 g/mol. The van der Waals surface area contributed by atoms with Crippen LogP contribution in [0.5, 0.6) is 10.8 Å². The van der Waals surface area contributed by atoms with Crippen molar-refractivity contribution < 1.29 is 4.74 Å². The average molecular weight is 425 g/mol. The molecule has 0 spiro atoms. The fourth-order valence-electron chi connectivity index (χ4n) is 3.83. The van der Waals surface area contributed by atoms with Gasteiger partial charge in [0.2, 0.25) is 5.06 Å². The summed E-state index contributed by atoms with van der Waals surface area (Å²) in [5.41, 5.74) is 4.44. The summed E-state index contributed by atoms with van der Waals surface area (Å²) in [5, 5.41) is 10.5. The highest BCUT2D eigenvalue weighted by Crippen LogP contribution is 2.44. The van der Waals surface area contributed by atoms with Gasteiger partial charge in [0.25, 0.3) is 0 Å². The van der Waals surface area contributed by atoms with Crippen molar-refractivity contribution in [2.24, 2.45) is 4.99 Å². The first kappa shape index (κ1) is 22.3. The van der Waals surface area contributed by atoms with Gasteiger partial charge in [-0.25, -0.2) is 4.99 Å². The minimum absolute atomic E-state index is 0.0204. The molecule has 0 saturated heterocycles. The third-order valence-corrected chi connectivity index (χ3v) is 6.92. The second-order valence-corrected chi connectivity index (χ2v) is 9.67. The van der Waals surface area contributed by atoms with Crippen LogP contribution in [0.1, 0.15) is 75.3 Å². The number of aryl methyl sites for hydroxylation is 2. The van der Waals surface area contributed by atoms with Gasteiger partial charge in [-0.3, -0.25) is 0 Å². The zero-order valence-corrected chi connectivity index (χ0v) is 19.8. The Morgan fingerprint density at radius 3 is 2.57 bits per heavy atom. The molecule has 1 aliphatic carbocycles. The number of hydrogen-bond donors (Lipinski definition) is 0. The average Bonchev–Trinajstić information content (AvgIpc) is 3.13. The molecule has 0 radical (unpaired) electrons. The Bertz CT molecular complexity index is 964. The van der Waals surface area contributed by atoms with Gasteiger partial charge in [-0.2, -0.15) is 9.64 Å². The van der Waals surface area contributed by atoms with Crippen molar-refractivity contribution in [3.8, 4) is 16.9 Å². The lowest BCUT2D eigenvalue weighted by molar-refractivity contribution is 0.313. The number of hydrogen-bond acceptors (Lipinski definition) is 5. The van der Waals surface area contributed by atoms with Gasteiger partial charge in [-0.15, -0.1) is 0 Å². The van der Waals surface area contributed by atoms with Crippen LogP contribution < -0.4 is 4.74 Å². The van der Waals surface area contributed by atoms with E-state index in [1.165, 1.54) is 30.8 Å². The summed E-state index contributed by atoms with van der Waals surface area (Å²) in [6.07, 6.45) is 7.69. The number of benzene rings is 1. The lowest BCUT2D eigenvalue weighted by atomic mass is 9.72. The molecule has 0 unspecified atom stereocenters. The van der Waals surface area contributed by atoms with E-state index in [1.807, 2.05) is 39.4 Å². The molecule has 0 amide bonds. The maximum Gasteiger partial charge on any atom is 0.218 e. The lowest BCUT2D eigenvalue weighted by Gasteiger charge is -2.32. The molecule has 3 rings (SSSR count). The summed E-state index contributed by atoms with van der Waals surface area (Å²) in [7, 11) is 2.02. The van der Waals surface area contributed by atoms with Gasteiger partial charge < -0.3 is 9.64 Å². The van der Waals surface area contributed by atoms with Crippen LogP contribution in [0.25, 0.3) is 0 Å². The molecule has 6 heteroatoms. The Morgan fingerprint density at radius 1 is 1.23 bits per heavy atom. The number of aromatic nitrogens is 1. The zero-order valence-electron chi connectivity index (χ0n) is 19.0. The standard InChI is InChI=1S/C24H32N4OS/c1-16(2)28(6)15-26-20-12-18(4)21(13-17(20)3)29-23-19(14-25)22(27-30-23)24(5)10-8-7-9-11-24/h12-13,15-16H,7-11H2,1-6H3. The molecule has 0 N–H and O–H groups in total. The van der Waals surface area contributed by atoms with Crippen LogP contribution in [0.15, 0.2) is 17.1 Å². The van der Waals surface area contributed by atoms with E-state index in [0.29, 0.717) is 16.7 Å². The topological polar surface area (TPSA) is 61.5 Å². The molecule has 1 saturated carbocycles. The molecule has 1 aliphatic rings. The predicted octanol–water partition coefficient (Wildman–Crippen LogP) is 6.65. The maximum atomic E-state index is 9.86. The van der Waals surface area contributed by atoms with E-state index in [0.717, 1.165) is 41.1 Å². The third-order valence-electron chi connectivity index (χ3n) is 6.19. The van der Waals surface area contributed by atoms with Crippen molar-refractivity contribution in [3.63, 3.8) is 0 Å². The Kier molecular flexibility index (Phi) is 6.82. The fraction of sp³-hybridized carbons (Fsp3) is 0.542. The summed E-state index contributed by atoms with van der Waals surface area (Å²) in [4.78, 5) is 6.70. The molecule has 1 aromatic heterocycles. The minimum atomic E-state index is -0.0204. The highest BCUT2D eigenvalue weighted by Gasteiger charge is 2.35. The summed E-state index contributed by atoms with van der Waals surface area (Å²) < 4.78 is 10.9.